The van der Waals surface area contributed by atoms with Crippen LogP contribution >= 0.6 is 0 Å². The summed E-state index contributed by atoms with van der Waals surface area (Å²) in [6, 6.07) is 15.9. The number of nitrogens with zero attached hydrogens (tertiary/aromatic N) is 2. The number of carbonyl (C=O) groups excluding carboxylic acids is 2. The standard InChI is InChI=1S/C22H24N4O2/c1-14(2)19-11-20(25-24-19)22(28)23-17-10-21(27)26(13-17)12-16-8-5-7-15-6-3-4-9-18(15)16/h3-9,11,14,17H,10,12-13H2,1-2H3,(H,23,28)(H,24,25). The van der Waals surface area contributed by atoms with Gasteiger partial charge in [-0.05, 0) is 28.3 Å². The Morgan fingerprint density at radius 3 is 2.82 bits per heavy atom. The summed E-state index contributed by atoms with van der Waals surface area (Å²) in [5.41, 5.74) is 2.40. The fourth-order valence-corrected chi connectivity index (χ4v) is 3.67. The number of H-pyrrole nitrogens is 1. The average molecular weight is 376 g/mol. The minimum absolute atomic E-state index is 0.0585. The molecule has 0 aliphatic carbocycles. The molecule has 1 aliphatic heterocycles. The van der Waals surface area contributed by atoms with Gasteiger partial charge < -0.3 is 10.2 Å². The third kappa shape index (κ3) is 3.63. The summed E-state index contributed by atoms with van der Waals surface area (Å²) in [4.78, 5) is 26.8. The van der Waals surface area contributed by atoms with Crippen molar-refractivity contribution in [3.05, 3.63) is 65.5 Å². The van der Waals surface area contributed by atoms with Gasteiger partial charge in [-0.3, -0.25) is 14.7 Å². The Morgan fingerprint density at radius 2 is 2.04 bits per heavy atom. The van der Waals surface area contributed by atoms with E-state index >= 15 is 0 Å². The molecule has 2 heterocycles. The number of carbonyl (C=O) groups is 2. The molecule has 1 fully saturated rings. The molecule has 1 saturated heterocycles. The topological polar surface area (TPSA) is 78.1 Å². The Labute approximate surface area is 163 Å². The van der Waals surface area contributed by atoms with Crippen LogP contribution in [0.1, 0.15) is 47.9 Å². The number of likely N-dealkylation sites (tertiary alicyclic amines) is 1. The lowest BCUT2D eigenvalue weighted by Gasteiger charge is -2.18. The number of fused-ring (bicyclic) bond motifs is 1. The lowest BCUT2D eigenvalue weighted by atomic mass is 10.0. The number of aromatic amines is 1. The van der Waals surface area contributed by atoms with Crippen molar-refractivity contribution in [3.63, 3.8) is 0 Å². The molecule has 1 aliphatic rings. The Hall–Kier alpha value is -3.15. The van der Waals surface area contributed by atoms with Gasteiger partial charge >= 0.3 is 0 Å². The first-order valence-electron chi connectivity index (χ1n) is 9.62. The first-order valence-corrected chi connectivity index (χ1v) is 9.62. The number of rotatable bonds is 5. The fourth-order valence-electron chi connectivity index (χ4n) is 3.67. The molecule has 2 N–H and O–H groups in total. The van der Waals surface area contributed by atoms with E-state index < -0.39 is 0 Å². The van der Waals surface area contributed by atoms with E-state index in [2.05, 4.69) is 39.8 Å². The van der Waals surface area contributed by atoms with E-state index in [4.69, 9.17) is 0 Å². The highest BCUT2D eigenvalue weighted by atomic mass is 16.2. The zero-order valence-electron chi connectivity index (χ0n) is 16.1. The van der Waals surface area contributed by atoms with Gasteiger partial charge in [0, 0.05) is 25.2 Å². The molecule has 144 valence electrons. The lowest BCUT2D eigenvalue weighted by Crippen LogP contribution is -2.37. The van der Waals surface area contributed by atoms with Gasteiger partial charge in [-0.2, -0.15) is 5.10 Å². The summed E-state index contributed by atoms with van der Waals surface area (Å²) in [6.07, 6.45) is 0.317. The number of aromatic nitrogens is 2. The minimum atomic E-state index is -0.243. The van der Waals surface area contributed by atoms with Crippen molar-refractivity contribution in [2.45, 2.75) is 38.8 Å². The number of benzene rings is 2. The predicted octanol–water partition coefficient (Wildman–Crippen LogP) is 3.22. The molecule has 6 heteroatoms. The van der Waals surface area contributed by atoms with Crippen LogP contribution in [0.4, 0.5) is 0 Å². The Kier molecular flexibility index (Phi) is 4.86. The molecule has 1 atom stereocenters. The van der Waals surface area contributed by atoms with Crippen molar-refractivity contribution in [3.8, 4) is 0 Å². The van der Waals surface area contributed by atoms with Crippen LogP contribution in [0.3, 0.4) is 0 Å². The summed E-state index contributed by atoms with van der Waals surface area (Å²) < 4.78 is 0. The molecule has 1 aromatic heterocycles. The van der Waals surface area contributed by atoms with Crippen LogP contribution in [-0.2, 0) is 11.3 Å². The minimum Gasteiger partial charge on any atom is -0.346 e. The SMILES string of the molecule is CC(C)c1cc(C(=O)NC2CC(=O)N(Cc3cccc4ccccc34)C2)n[nH]1. The molecule has 0 spiro atoms. The summed E-state index contributed by atoms with van der Waals surface area (Å²) in [7, 11) is 0. The van der Waals surface area contributed by atoms with Crippen LogP contribution in [0.15, 0.2) is 48.5 Å². The highest BCUT2D eigenvalue weighted by Gasteiger charge is 2.31. The smallest absolute Gasteiger partial charge is 0.272 e. The monoisotopic (exact) mass is 376 g/mol. The second-order valence-electron chi connectivity index (χ2n) is 7.65. The third-order valence-corrected chi connectivity index (χ3v) is 5.24. The van der Waals surface area contributed by atoms with E-state index in [1.165, 1.54) is 0 Å². The molecule has 0 radical (unpaired) electrons. The first-order chi connectivity index (χ1) is 13.5. The van der Waals surface area contributed by atoms with Crippen molar-refractivity contribution in [2.75, 3.05) is 6.54 Å². The second kappa shape index (κ2) is 7.46. The summed E-state index contributed by atoms with van der Waals surface area (Å²) in [5.74, 6) is 0.0920. The quantitative estimate of drug-likeness (QED) is 0.718. The molecule has 28 heavy (non-hydrogen) atoms. The normalized spacial score (nSPS) is 16.9. The second-order valence-corrected chi connectivity index (χ2v) is 7.65. The Balaban J connectivity index is 1.43. The molecule has 6 nitrogen and oxygen atoms in total. The zero-order chi connectivity index (χ0) is 19.7. The van der Waals surface area contributed by atoms with Crippen molar-refractivity contribution < 1.29 is 9.59 Å². The number of hydrogen-bond acceptors (Lipinski definition) is 3. The van der Waals surface area contributed by atoms with Crippen LogP contribution in [0.5, 0.6) is 0 Å². The summed E-state index contributed by atoms with van der Waals surface area (Å²) in [5, 5.41) is 12.2. The summed E-state index contributed by atoms with van der Waals surface area (Å²) >= 11 is 0. The van der Waals surface area contributed by atoms with Crippen molar-refractivity contribution in [1.29, 1.82) is 0 Å². The maximum absolute atomic E-state index is 12.5. The van der Waals surface area contributed by atoms with Gasteiger partial charge in [-0.15, -0.1) is 0 Å². The molecule has 0 bridgehead atoms. The van der Waals surface area contributed by atoms with Crippen LogP contribution in [0, 0.1) is 0 Å². The highest BCUT2D eigenvalue weighted by molar-refractivity contribution is 5.93. The molecule has 0 saturated carbocycles. The van der Waals surface area contributed by atoms with E-state index in [0.717, 1.165) is 22.0 Å². The van der Waals surface area contributed by atoms with Crippen molar-refractivity contribution >= 4 is 22.6 Å². The molecule has 2 aromatic carbocycles. The van der Waals surface area contributed by atoms with Crippen molar-refractivity contribution in [1.82, 2.24) is 20.4 Å². The predicted molar refractivity (Wildman–Crippen MR) is 108 cm³/mol. The van der Waals surface area contributed by atoms with Crippen LogP contribution in [0.2, 0.25) is 0 Å². The third-order valence-electron chi connectivity index (χ3n) is 5.24. The maximum atomic E-state index is 12.5. The van der Waals surface area contributed by atoms with E-state index in [0.29, 0.717) is 25.2 Å². The molecule has 2 amide bonds. The number of amides is 2. The van der Waals surface area contributed by atoms with Gasteiger partial charge in [-0.1, -0.05) is 56.3 Å². The van der Waals surface area contributed by atoms with E-state index in [9.17, 15) is 9.59 Å². The van der Waals surface area contributed by atoms with Gasteiger partial charge in [-0.25, -0.2) is 0 Å². The van der Waals surface area contributed by atoms with Gasteiger partial charge in [0.15, 0.2) is 0 Å². The van der Waals surface area contributed by atoms with E-state index in [-0.39, 0.29) is 23.8 Å². The van der Waals surface area contributed by atoms with Crippen LogP contribution in [0.25, 0.3) is 10.8 Å². The van der Waals surface area contributed by atoms with Gasteiger partial charge in [0.2, 0.25) is 5.91 Å². The number of hydrogen-bond donors (Lipinski definition) is 2. The molecular formula is C22H24N4O2. The van der Waals surface area contributed by atoms with Gasteiger partial charge in [0.05, 0.1) is 6.04 Å². The molecule has 4 rings (SSSR count). The summed E-state index contributed by atoms with van der Waals surface area (Å²) in [6.45, 7) is 5.13. The average Bonchev–Trinajstić information content (AvgIpc) is 3.30. The fraction of sp³-hybridized carbons (Fsp3) is 0.318. The van der Waals surface area contributed by atoms with Crippen LogP contribution < -0.4 is 5.32 Å². The van der Waals surface area contributed by atoms with Crippen molar-refractivity contribution in [2.24, 2.45) is 0 Å². The van der Waals surface area contributed by atoms with E-state index in [1.807, 2.05) is 36.9 Å². The van der Waals surface area contributed by atoms with Gasteiger partial charge in [0.1, 0.15) is 5.69 Å². The zero-order valence-corrected chi connectivity index (χ0v) is 16.1. The largest absolute Gasteiger partial charge is 0.346 e. The Morgan fingerprint density at radius 1 is 1.25 bits per heavy atom. The van der Waals surface area contributed by atoms with E-state index in [1.54, 1.807) is 6.07 Å². The molecular weight excluding hydrogens is 352 g/mol. The highest BCUT2D eigenvalue weighted by Crippen LogP contribution is 2.22. The van der Waals surface area contributed by atoms with Crippen LogP contribution in [-0.4, -0.2) is 39.5 Å². The lowest BCUT2D eigenvalue weighted by molar-refractivity contribution is -0.128. The molecule has 3 aromatic rings. The Bertz CT molecular complexity index is 1020. The molecule has 1 unspecified atom stereocenters. The first kappa shape index (κ1) is 18.2. The maximum Gasteiger partial charge on any atom is 0.272 e. The number of nitrogens with one attached hydrogen (secondary N) is 2. The van der Waals surface area contributed by atoms with Gasteiger partial charge in [0.25, 0.3) is 5.91 Å².